The van der Waals surface area contributed by atoms with E-state index in [1.54, 1.807) is 29.9 Å². The van der Waals surface area contributed by atoms with E-state index in [-0.39, 0.29) is 5.91 Å². The Labute approximate surface area is 173 Å². The Morgan fingerprint density at radius 2 is 2.03 bits per heavy atom. The summed E-state index contributed by atoms with van der Waals surface area (Å²) >= 11 is 1.61. The Balaban J connectivity index is 1.59. The molecular formula is C20H22N6O2S. The highest BCUT2D eigenvalue weighted by molar-refractivity contribution is 7.09. The molecule has 4 heterocycles. The zero-order chi connectivity index (χ0) is 20.1. The molecule has 1 amide bonds. The fourth-order valence-corrected chi connectivity index (χ4v) is 3.79. The molecular weight excluding hydrogens is 388 g/mol. The molecule has 1 fully saturated rings. The van der Waals surface area contributed by atoms with Gasteiger partial charge in [0.15, 0.2) is 0 Å². The van der Waals surface area contributed by atoms with Gasteiger partial charge in [-0.3, -0.25) is 9.78 Å². The quantitative estimate of drug-likeness (QED) is 0.667. The molecule has 9 heteroatoms. The van der Waals surface area contributed by atoms with Crippen LogP contribution in [0.2, 0.25) is 0 Å². The number of morpholine rings is 1. The molecule has 0 aliphatic carbocycles. The van der Waals surface area contributed by atoms with Gasteiger partial charge < -0.3 is 15.0 Å². The predicted octanol–water partition coefficient (Wildman–Crippen LogP) is 2.32. The zero-order valence-electron chi connectivity index (χ0n) is 16.2. The van der Waals surface area contributed by atoms with Crippen molar-refractivity contribution < 1.29 is 9.53 Å². The Bertz CT molecular complexity index is 972. The van der Waals surface area contributed by atoms with Gasteiger partial charge in [-0.2, -0.15) is 0 Å². The van der Waals surface area contributed by atoms with Crippen LogP contribution >= 0.6 is 11.3 Å². The first-order valence-corrected chi connectivity index (χ1v) is 10.4. The lowest BCUT2D eigenvalue weighted by Crippen LogP contribution is -2.37. The number of hydrogen-bond acceptors (Lipinski definition) is 8. The third-order valence-electron chi connectivity index (χ3n) is 4.60. The number of amides is 1. The number of nitrogens with one attached hydrogen (secondary N) is 1. The highest BCUT2D eigenvalue weighted by Crippen LogP contribution is 2.23. The fraction of sp³-hybridized carbons (Fsp3) is 0.350. The van der Waals surface area contributed by atoms with Crippen molar-refractivity contribution in [2.75, 3.05) is 31.2 Å². The summed E-state index contributed by atoms with van der Waals surface area (Å²) in [6, 6.07) is 3.69. The Morgan fingerprint density at radius 1 is 1.24 bits per heavy atom. The van der Waals surface area contributed by atoms with Crippen molar-refractivity contribution in [2.24, 2.45) is 0 Å². The average molecular weight is 411 g/mol. The molecule has 4 rings (SSSR count). The van der Waals surface area contributed by atoms with Gasteiger partial charge in [-0.15, -0.1) is 11.3 Å². The number of nitrogens with zero attached hydrogens (tertiary/aromatic N) is 5. The molecule has 1 N–H and O–H groups in total. The first-order valence-electron chi connectivity index (χ1n) is 9.56. The lowest BCUT2D eigenvalue weighted by Gasteiger charge is -2.27. The molecule has 150 valence electrons. The predicted molar refractivity (Wildman–Crippen MR) is 111 cm³/mol. The molecule has 1 aliphatic rings. The number of carbonyl (C=O) groups excluding carboxylic acids is 1. The van der Waals surface area contributed by atoms with Crippen LogP contribution in [0.1, 0.15) is 28.0 Å². The van der Waals surface area contributed by atoms with Crippen LogP contribution in [0.25, 0.3) is 11.3 Å². The van der Waals surface area contributed by atoms with E-state index in [4.69, 9.17) is 9.72 Å². The van der Waals surface area contributed by atoms with Crippen LogP contribution in [0.5, 0.6) is 0 Å². The normalized spacial score (nSPS) is 14.0. The van der Waals surface area contributed by atoms with Crippen molar-refractivity contribution in [3.8, 4) is 11.3 Å². The summed E-state index contributed by atoms with van der Waals surface area (Å²) in [5.74, 6) is 0.375. The number of anilines is 1. The topological polar surface area (TPSA) is 93.1 Å². The lowest BCUT2D eigenvalue weighted by atomic mass is 10.1. The highest BCUT2D eigenvalue weighted by Gasteiger charge is 2.20. The number of ether oxygens (including phenoxy) is 1. The molecule has 0 spiro atoms. The number of aromatic nitrogens is 4. The summed E-state index contributed by atoms with van der Waals surface area (Å²) in [7, 11) is 0. The van der Waals surface area contributed by atoms with Gasteiger partial charge in [0.25, 0.3) is 5.91 Å². The molecule has 0 bridgehead atoms. The summed E-state index contributed by atoms with van der Waals surface area (Å²) in [6.45, 7) is 5.18. The second-order valence-corrected chi connectivity index (χ2v) is 7.48. The first-order chi connectivity index (χ1) is 14.2. The summed E-state index contributed by atoms with van der Waals surface area (Å²) < 4.78 is 5.41. The molecule has 29 heavy (non-hydrogen) atoms. The second-order valence-electron chi connectivity index (χ2n) is 6.54. The van der Waals surface area contributed by atoms with Gasteiger partial charge in [-0.25, -0.2) is 15.0 Å². The molecule has 0 aromatic carbocycles. The summed E-state index contributed by atoms with van der Waals surface area (Å²) in [6.07, 6.45) is 5.87. The molecule has 0 unspecified atom stereocenters. The van der Waals surface area contributed by atoms with Crippen molar-refractivity contribution in [1.29, 1.82) is 0 Å². The number of thiazole rings is 1. The monoisotopic (exact) mass is 410 g/mol. The smallest absolute Gasteiger partial charge is 0.255 e. The molecule has 3 aromatic rings. The Morgan fingerprint density at radius 3 is 2.76 bits per heavy atom. The third kappa shape index (κ3) is 4.57. The maximum absolute atomic E-state index is 12.9. The van der Waals surface area contributed by atoms with Crippen molar-refractivity contribution in [3.05, 3.63) is 52.4 Å². The van der Waals surface area contributed by atoms with Gasteiger partial charge in [-0.1, -0.05) is 6.92 Å². The van der Waals surface area contributed by atoms with Crippen molar-refractivity contribution in [2.45, 2.75) is 19.9 Å². The Kier molecular flexibility index (Phi) is 6.06. The van der Waals surface area contributed by atoms with Crippen LogP contribution < -0.4 is 10.2 Å². The van der Waals surface area contributed by atoms with E-state index in [0.29, 0.717) is 37.0 Å². The minimum atomic E-state index is -0.226. The van der Waals surface area contributed by atoms with Crippen LogP contribution in [0.3, 0.4) is 0 Å². The SMILES string of the molecule is CCc1nc(CNC(=O)c2cnc(N3CCOCC3)nc2-c2ccncc2)cs1. The summed E-state index contributed by atoms with van der Waals surface area (Å²) in [5, 5.41) is 5.97. The number of rotatable bonds is 6. The van der Waals surface area contributed by atoms with Gasteiger partial charge in [-0.05, 0) is 18.6 Å². The lowest BCUT2D eigenvalue weighted by molar-refractivity contribution is 0.0950. The van der Waals surface area contributed by atoms with E-state index in [0.717, 1.165) is 35.8 Å². The fourth-order valence-electron chi connectivity index (χ4n) is 3.04. The van der Waals surface area contributed by atoms with E-state index in [1.807, 2.05) is 17.5 Å². The van der Waals surface area contributed by atoms with E-state index in [9.17, 15) is 4.79 Å². The molecule has 0 saturated carbocycles. The van der Waals surface area contributed by atoms with Gasteiger partial charge in [0.1, 0.15) is 0 Å². The molecule has 8 nitrogen and oxygen atoms in total. The van der Waals surface area contributed by atoms with E-state index in [1.165, 1.54) is 0 Å². The number of carbonyl (C=O) groups is 1. The van der Waals surface area contributed by atoms with E-state index < -0.39 is 0 Å². The van der Waals surface area contributed by atoms with Gasteiger partial charge in [0.05, 0.1) is 41.7 Å². The second kappa shape index (κ2) is 9.06. The van der Waals surface area contributed by atoms with Crippen LogP contribution in [0.15, 0.2) is 36.1 Å². The van der Waals surface area contributed by atoms with Crippen LogP contribution in [-0.2, 0) is 17.7 Å². The van der Waals surface area contributed by atoms with Crippen molar-refractivity contribution in [1.82, 2.24) is 25.3 Å². The maximum atomic E-state index is 12.9. The highest BCUT2D eigenvalue weighted by atomic mass is 32.1. The summed E-state index contributed by atoms with van der Waals surface area (Å²) in [4.78, 5) is 32.7. The standard InChI is InChI=1S/C20H22N6O2S/c1-2-17-24-15(13-29-17)11-22-19(27)16-12-23-20(26-7-9-28-10-8-26)25-18(16)14-3-5-21-6-4-14/h3-6,12-13H,2,7-11H2,1H3,(H,22,27). The molecule has 1 aliphatic heterocycles. The van der Waals surface area contributed by atoms with Gasteiger partial charge in [0.2, 0.25) is 5.95 Å². The maximum Gasteiger partial charge on any atom is 0.255 e. The Hall–Kier alpha value is -2.91. The molecule has 1 saturated heterocycles. The van der Waals surface area contributed by atoms with Crippen LogP contribution in [-0.4, -0.2) is 52.1 Å². The molecule has 3 aromatic heterocycles. The van der Waals surface area contributed by atoms with E-state index >= 15 is 0 Å². The van der Waals surface area contributed by atoms with E-state index in [2.05, 4.69) is 32.1 Å². The van der Waals surface area contributed by atoms with Crippen LogP contribution in [0.4, 0.5) is 5.95 Å². The van der Waals surface area contributed by atoms with Gasteiger partial charge >= 0.3 is 0 Å². The number of aryl methyl sites for hydroxylation is 1. The summed E-state index contributed by atoms with van der Waals surface area (Å²) in [5.41, 5.74) is 2.70. The minimum Gasteiger partial charge on any atom is -0.378 e. The van der Waals surface area contributed by atoms with Crippen molar-refractivity contribution >= 4 is 23.2 Å². The number of hydrogen-bond donors (Lipinski definition) is 1. The third-order valence-corrected chi connectivity index (χ3v) is 5.64. The first kappa shape index (κ1) is 19.4. The van der Waals surface area contributed by atoms with Crippen molar-refractivity contribution in [3.63, 3.8) is 0 Å². The molecule has 0 atom stereocenters. The minimum absolute atomic E-state index is 0.226. The largest absolute Gasteiger partial charge is 0.378 e. The number of pyridine rings is 1. The average Bonchev–Trinajstić information content (AvgIpc) is 3.26. The molecule has 0 radical (unpaired) electrons. The zero-order valence-corrected chi connectivity index (χ0v) is 17.0. The van der Waals surface area contributed by atoms with Gasteiger partial charge in [0, 0.05) is 42.6 Å². The van der Waals surface area contributed by atoms with Crippen LogP contribution in [0, 0.1) is 0 Å².